The van der Waals surface area contributed by atoms with Gasteiger partial charge in [-0.3, -0.25) is 4.79 Å². The molecule has 1 amide bonds. The Balaban J connectivity index is 1.56. The molecule has 1 saturated carbocycles. The minimum absolute atomic E-state index is 0.0746. The summed E-state index contributed by atoms with van der Waals surface area (Å²) in [5.74, 6) is -0.0746. The highest BCUT2D eigenvalue weighted by atomic mass is 16.2. The van der Waals surface area contributed by atoms with Crippen molar-refractivity contribution in [3.05, 3.63) is 29.8 Å². The van der Waals surface area contributed by atoms with E-state index >= 15 is 0 Å². The Hall–Kier alpha value is -1.39. The van der Waals surface area contributed by atoms with Gasteiger partial charge >= 0.3 is 0 Å². The summed E-state index contributed by atoms with van der Waals surface area (Å²) >= 11 is 0. The van der Waals surface area contributed by atoms with Crippen LogP contribution in [-0.4, -0.2) is 36.5 Å². The molecule has 1 aliphatic heterocycles. The molecular weight excluding hydrogens is 298 g/mol. The SMILES string of the molecule is CCCCC(N)C(=O)Nc1ccc(C2(CN3CCCC3)CC2)cc1. The fourth-order valence-corrected chi connectivity index (χ4v) is 3.75. The number of likely N-dealkylation sites (tertiary alicyclic amines) is 1. The highest BCUT2D eigenvalue weighted by Crippen LogP contribution is 2.49. The zero-order valence-electron chi connectivity index (χ0n) is 14.9. The molecule has 1 unspecified atom stereocenters. The summed E-state index contributed by atoms with van der Waals surface area (Å²) in [5.41, 5.74) is 8.57. The Morgan fingerprint density at radius 2 is 1.92 bits per heavy atom. The van der Waals surface area contributed by atoms with Gasteiger partial charge in [-0.05, 0) is 62.9 Å². The molecule has 0 spiro atoms. The summed E-state index contributed by atoms with van der Waals surface area (Å²) in [5, 5.41) is 2.95. The number of amides is 1. The highest BCUT2D eigenvalue weighted by molar-refractivity contribution is 5.94. The Kier molecular flexibility index (Phi) is 5.57. The number of hydrogen-bond acceptors (Lipinski definition) is 3. The molecule has 1 aromatic carbocycles. The molecule has 2 fully saturated rings. The smallest absolute Gasteiger partial charge is 0.241 e. The van der Waals surface area contributed by atoms with Gasteiger partial charge in [0.1, 0.15) is 0 Å². The summed E-state index contributed by atoms with van der Waals surface area (Å²) in [6.07, 6.45) is 8.08. The summed E-state index contributed by atoms with van der Waals surface area (Å²) in [6, 6.07) is 8.04. The second-order valence-corrected chi connectivity index (χ2v) is 7.58. The maximum absolute atomic E-state index is 12.1. The molecule has 1 atom stereocenters. The Morgan fingerprint density at radius 1 is 1.25 bits per heavy atom. The van der Waals surface area contributed by atoms with Crippen LogP contribution in [0.3, 0.4) is 0 Å². The monoisotopic (exact) mass is 329 g/mol. The zero-order chi connectivity index (χ0) is 17.0. The molecular formula is C20H31N3O. The average Bonchev–Trinajstić information content (AvgIpc) is 3.19. The van der Waals surface area contributed by atoms with E-state index in [9.17, 15) is 4.79 Å². The number of nitrogens with one attached hydrogen (secondary N) is 1. The summed E-state index contributed by atoms with van der Waals surface area (Å²) in [7, 11) is 0. The molecule has 132 valence electrons. The first-order valence-electron chi connectivity index (χ1n) is 9.52. The number of carbonyl (C=O) groups is 1. The lowest BCUT2D eigenvalue weighted by Crippen LogP contribution is -2.35. The van der Waals surface area contributed by atoms with Crippen molar-refractivity contribution in [2.24, 2.45) is 5.73 Å². The Labute approximate surface area is 145 Å². The second kappa shape index (κ2) is 7.66. The van der Waals surface area contributed by atoms with Crippen molar-refractivity contribution in [2.75, 3.05) is 25.0 Å². The summed E-state index contributed by atoms with van der Waals surface area (Å²) in [6.45, 7) is 5.82. The van der Waals surface area contributed by atoms with Gasteiger partial charge in [-0.2, -0.15) is 0 Å². The lowest BCUT2D eigenvalue weighted by atomic mass is 9.95. The normalized spacial score (nSPS) is 20.8. The molecule has 1 saturated heterocycles. The van der Waals surface area contributed by atoms with E-state index in [1.165, 1.54) is 50.9 Å². The van der Waals surface area contributed by atoms with Crippen molar-refractivity contribution in [1.82, 2.24) is 4.90 Å². The molecule has 4 nitrogen and oxygen atoms in total. The largest absolute Gasteiger partial charge is 0.325 e. The third-order valence-electron chi connectivity index (χ3n) is 5.55. The number of nitrogens with two attached hydrogens (primary N) is 1. The number of benzene rings is 1. The highest BCUT2D eigenvalue weighted by Gasteiger charge is 2.45. The Morgan fingerprint density at radius 3 is 2.50 bits per heavy atom. The van der Waals surface area contributed by atoms with E-state index in [2.05, 4.69) is 29.3 Å². The number of nitrogens with zero attached hydrogens (tertiary/aromatic N) is 1. The molecule has 1 heterocycles. The van der Waals surface area contributed by atoms with Gasteiger partial charge in [0, 0.05) is 17.6 Å². The number of hydrogen-bond donors (Lipinski definition) is 2. The molecule has 0 bridgehead atoms. The second-order valence-electron chi connectivity index (χ2n) is 7.58. The molecule has 1 aliphatic carbocycles. The minimum atomic E-state index is -0.408. The molecule has 0 radical (unpaired) electrons. The van der Waals surface area contributed by atoms with E-state index in [-0.39, 0.29) is 5.91 Å². The van der Waals surface area contributed by atoms with E-state index in [1.807, 2.05) is 12.1 Å². The minimum Gasteiger partial charge on any atom is -0.325 e. The van der Waals surface area contributed by atoms with E-state index < -0.39 is 6.04 Å². The van der Waals surface area contributed by atoms with E-state index in [0.717, 1.165) is 24.9 Å². The average molecular weight is 329 g/mol. The molecule has 3 N–H and O–H groups in total. The van der Waals surface area contributed by atoms with Crippen LogP contribution in [0.1, 0.15) is 57.4 Å². The van der Waals surface area contributed by atoms with Crippen molar-refractivity contribution in [2.45, 2.75) is 63.3 Å². The molecule has 2 aliphatic rings. The number of unbranched alkanes of at least 4 members (excludes halogenated alkanes) is 1. The van der Waals surface area contributed by atoms with Crippen LogP contribution in [-0.2, 0) is 10.2 Å². The van der Waals surface area contributed by atoms with Crippen molar-refractivity contribution in [1.29, 1.82) is 0 Å². The third kappa shape index (κ3) is 4.17. The number of rotatable bonds is 8. The van der Waals surface area contributed by atoms with Crippen LogP contribution in [0.5, 0.6) is 0 Å². The first-order valence-corrected chi connectivity index (χ1v) is 9.52. The molecule has 24 heavy (non-hydrogen) atoms. The Bertz CT molecular complexity index is 545. The van der Waals surface area contributed by atoms with Gasteiger partial charge in [0.15, 0.2) is 0 Å². The summed E-state index contributed by atoms with van der Waals surface area (Å²) in [4.78, 5) is 14.7. The van der Waals surface area contributed by atoms with Crippen LogP contribution in [0.15, 0.2) is 24.3 Å². The van der Waals surface area contributed by atoms with Crippen molar-refractivity contribution in [3.63, 3.8) is 0 Å². The van der Waals surface area contributed by atoms with Gasteiger partial charge in [-0.15, -0.1) is 0 Å². The van der Waals surface area contributed by atoms with E-state index in [1.54, 1.807) is 0 Å². The van der Waals surface area contributed by atoms with Gasteiger partial charge in [0.25, 0.3) is 0 Å². The van der Waals surface area contributed by atoms with Gasteiger partial charge in [-0.1, -0.05) is 31.9 Å². The van der Waals surface area contributed by atoms with Crippen molar-refractivity contribution < 1.29 is 4.79 Å². The molecule has 1 aromatic rings. The van der Waals surface area contributed by atoms with Crippen LogP contribution >= 0.6 is 0 Å². The van der Waals surface area contributed by atoms with Gasteiger partial charge in [0.2, 0.25) is 5.91 Å². The van der Waals surface area contributed by atoms with E-state index in [0.29, 0.717) is 5.41 Å². The maximum Gasteiger partial charge on any atom is 0.241 e. The van der Waals surface area contributed by atoms with Crippen LogP contribution < -0.4 is 11.1 Å². The lowest BCUT2D eigenvalue weighted by Gasteiger charge is -2.23. The third-order valence-corrected chi connectivity index (χ3v) is 5.55. The van der Waals surface area contributed by atoms with Crippen molar-refractivity contribution in [3.8, 4) is 0 Å². The maximum atomic E-state index is 12.1. The topological polar surface area (TPSA) is 58.4 Å². The predicted molar refractivity (Wildman–Crippen MR) is 99.2 cm³/mol. The van der Waals surface area contributed by atoms with Crippen LogP contribution in [0.4, 0.5) is 5.69 Å². The zero-order valence-corrected chi connectivity index (χ0v) is 14.9. The molecule has 4 heteroatoms. The quantitative estimate of drug-likeness (QED) is 0.769. The molecule has 3 rings (SSSR count). The predicted octanol–water partition coefficient (Wildman–Crippen LogP) is 3.27. The molecule has 0 aromatic heterocycles. The van der Waals surface area contributed by atoms with Gasteiger partial charge < -0.3 is 16.0 Å². The van der Waals surface area contributed by atoms with Crippen LogP contribution in [0, 0.1) is 0 Å². The number of anilines is 1. The lowest BCUT2D eigenvalue weighted by molar-refractivity contribution is -0.117. The number of carbonyl (C=O) groups excluding carboxylic acids is 1. The van der Waals surface area contributed by atoms with Crippen molar-refractivity contribution >= 4 is 11.6 Å². The first-order chi connectivity index (χ1) is 11.6. The first kappa shape index (κ1) is 17.4. The summed E-state index contributed by atoms with van der Waals surface area (Å²) < 4.78 is 0. The van der Waals surface area contributed by atoms with Crippen LogP contribution in [0.25, 0.3) is 0 Å². The van der Waals surface area contributed by atoms with E-state index in [4.69, 9.17) is 5.73 Å². The van der Waals surface area contributed by atoms with Gasteiger partial charge in [0.05, 0.1) is 6.04 Å². The van der Waals surface area contributed by atoms with Crippen LogP contribution in [0.2, 0.25) is 0 Å². The van der Waals surface area contributed by atoms with Gasteiger partial charge in [-0.25, -0.2) is 0 Å². The standard InChI is InChI=1S/C20H31N3O/c1-2-3-6-18(21)19(24)22-17-9-7-16(8-10-17)20(11-12-20)15-23-13-4-5-14-23/h7-10,18H,2-6,11-15,21H2,1H3,(H,22,24). The fourth-order valence-electron chi connectivity index (χ4n) is 3.75. The fraction of sp³-hybridized carbons (Fsp3) is 0.650.